The first kappa shape index (κ1) is 24.0. The lowest BCUT2D eigenvalue weighted by molar-refractivity contribution is -0.122. The van der Waals surface area contributed by atoms with Crippen LogP contribution in [-0.4, -0.2) is 56.3 Å². The molecule has 3 N–H and O–H groups in total. The van der Waals surface area contributed by atoms with E-state index in [0.717, 1.165) is 18.8 Å². The third-order valence-corrected chi connectivity index (χ3v) is 6.28. The topological polar surface area (TPSA) is 115 Å². The number of phenolic OH excluding ortho intramolecular Hbond substituents is 1. The maximum Gasteiger partial charge on any atom is 0.251 e. The van der Waals surface area contributed by atoms with Gasteiger partial charge in [0.1, 0.15) is 12.3 Å². The zero-order chi connectivity index (χ0) is 23.1. The molecule has 1 heterocycles. The van der Waals surface area contributed by atoms with E-state index in [1.165, 1.54) is 0 Å². The molecule has 2 aromatic carbocycles. The molecular formula is C22H22Br2N4O4. The van der Waals surface area contributed by atoms with Crippen LogP contribution in [-0.2, 0) is 9.53 Å². The smallest absolute Gasteiger partial charge is 0.251 e. The highest BCUT2D eigenvalue weighted by atomic mass is 79.9. The number of nitrogens with zero attached hydrogens (tertiary/aromatic N) is 2. The molecule has 2 amide bonds. The Morgan fingerprint density at radius 2 is 1.75 bits per heavy atom. The van der Waals surface area contributed by atoms with Gasteiger partial charge in [0.15, 0.2) is 0 Å². The van der Waals surface area contributed by atoms with Gasteiger partial charge in [0.25, 0.3) is 5.91 Å². The molecule has 1 fully saturated rings. The van der Waals surface area contributed by atoms with E-state index in [1.54, 1.807) is 24.3 Å². The van der Waals surface area contributed by atoms with Crippen molar-refractivity contribution in [1.82, 2.24) is 10.6 Å². The van der Waals surface area contributed by atoms with Gasteiger partial charge < -0.3 is 25.4 Å². The van der Waals surface area contributed by atoms with Crippen molar-refractivity contribution in [3.63, 3.8) is 0 Å². The van der Waals surface area contributed by atoms with Crippen molar-refractivity contribution < 1.29 is 19.4 Å². The average molecular weight is 566 g/mol. The van der Waals surface area contributed by atoms with Gasteiger partial charge in [0.05, 0.1) is 34.1 Å². The second kappa shape index (κ2) is 11.3. The second-order valence-corrected chi connectivity index (χ2v) is 8.83. The minimum atomic E-state index is -0.756. The first-order chi connectivity index (χ1) is 15.4. The zero-order valence-corrected chi connectivity index (χ0v) is 20.3. The van der Waals surface area contributed by atoms with Gasteiger partial charge in [-0.25, -0.2) is 0 Å². The van der Waals surface area contributed by atoms with Gasteiger partial charge in [-0.05, 0) is 73.8 Å². The SMILES string of the molecule is N#CCNC(=O)C(CNC(=O)c1ccc(N2CCOCC2)cc1)c1cc(Br)c(O)c(Br)c1. The number of halogens is 2. The Morgan fingerprint density at radius 1 is 1.12 bits per heavy atom. The van der Waals surface area contributed by atoms with E-state index >= 15 is 0 Å². The predicted octanol–water partition coefficient (Wildman–Crippen LogP) is 2.91. The quantitative estimate of drug-likeness (QED) is 0.445. The standard InChI is InChI=1S/C22H22Br2N4O4/c23-18-11-15(12-19(24)20(18)29)17(22(31)26-6-5-25)13-27-21(30)14-1-3-16(4-2-14)28-7-9-32-10-8-28/h1-4,11-12,17,29H,6-10,13H2,(H,26,31)(H,27,30). The molecule has 3 rings (SSSR count). The number of rotatable bonds is 7. The van der Waals surface area contributed by atoms with Crippen LogP contribution in [0.5, 0.6) is 5.75 Å². The van der Waals surface area contributed by atoms with Crippen molar-refractivity contribution in [3.05, 3.63) is 56.5 Å². The summed E-state index contributed by atoms with van der Waals surface area (Å²) in [4.78, 5) is 27.6. The Morgan fingerprint density at radius 3 is 2.34 bits per heavy atom. The number of nitriles is 1. The highest BCUT2D eigenvalue weighted by molar-refractivity contribution is 9.11. The molecule has 32 heavy (non-hydrogen) atoms. The summed E-state index contributed by atoms with van der Waals surface area (Å²) in [6, 6.07) is 12.4. The Labute approximate surface area is 202 Å². The van der Waals surface area contributed by atoms with E-state index in [2.05, 4.69) is 47.4 Å². The molecule has 0 radical (unpaired) electrons. The van der Waals surface area contributed by atoms with Gasteiger partial charge in [0, 0.05) is 30.9 Å². The van der Waals surface area contributed by atoms with Gasteiger partial charge >= 0.3 is 0 Å². The van der Waals surface area contributed by atoms with E-state index in [-0.39, 0.29) is 24.7 Å². The number of amides is 2. The molecule has 2 aromatic rings. The van der Waals surface area contributed by atoms with Crippen molar-refractivity contribution >= 4 is 49.4 Å². The predicted molar refractivity (Wildman–Crippen MR) is 127 cm³/mol. The summed E-state index contributed by atoms with van der Waals surface area (Å²) in [5.74, 6) is -1.46. The fourth-order valence-corrected chi connectivity index (χ4v) is 4.56. The van der Waals surface area contributed by atoms with Crippen LogP contribution in [0.15, 0.2) is 45.3 Å². The molecular weight excluding hydrogens is 544 g/mol. The molecule has 1 unspecified atom stereocenters. The van der Waals surface area contributed by atoms with Gasteiger partial charge in [-0.3, -0.25) is 9.59 Å². The summed E-state index contributed by atoms with van der Waals surface area (Å²) in [6.45, 7) is 2.85. The van der Waals surface area contributed by atoms with E-state index in [4.69, 9.17) is 10.00 Å². The molecule has 0 spiro atoms. The lowest BCUT2D eigenvalue weighted by Crippen LogP contribution is -2.38. The van der Waals surface area contributed by atoms with Crippen LogP contribution < -0.4 is 15.5 Å². The highest BCUT2D eigenvalue weighted by Crippen LogP contribution is 2.35. The molecule has 0 aliphatic carbocycles. The maximum absolute atomic E-state index is 12.7. The van der Waals surface area contributed by atoms with Gasteiger partial charge in [0.2, 0.25) is 5.91 Å². The minimum Gasteiger partial charge on any atom is -0.506 e. The summed E-state index contributed by atoms with van der Waals surface area (Å²) < 4.78 is 6.18. The van der Waals surface area contributed by atoms with Crippen molar-refractivity contribution in [3.8, 4) is 11.8 Å². The summed E-state index contributed by atoms with van der Waals surface area (Å²) >= 11 is 6.52. The van der Waals surface area contributed by atoms with Gasteiger partial charge in [-0.1, -0.05) is 0 Å². The monoisotopic (exact) mass is 564 g/mol. The molecule has 1 aliphatic heterocycles. The summed E-state index contributed by atoms with van der Waals surface area (Å²) in [5, 5.41) is 24.1. The van der Waals surface area contributed by atoms with Crippen molar-refractivity contribution in [1.29, 1.82) is 5.26 Å². The molecule has 10 heteroatoms. The normalized spacial score (nSPS) is 14.3. The minimum absolute atomic E-state index is 0.00864. The third kappa shape index (κ3) is 6.00. The summed E-state index contributed by atoms with van der Waals surface area (Å²) in [6.07, 6.45) is 0. The molecule has 8 nitrogen and oxygen atoms in total. The number of benzene rings is 2. The van der Waals surface area contributed by atoms with Crippen LogP contribution in [0.4, 0.5) is 5.69 Å². The molecule has 0 bridgehead atoms. The van der Waals surface area contributed by atoms with E-state index in [0.29, 0.717) is 33.3 Å². The number of hydrogen-bond acceptors (Lipinski definition) is 6. The Kier molecular flexibility index (Phi) is 8.50. The second-order valence-electron chi connectivity index (χ2n) is 7.12. The number of phenols is 1. The van der Waals surface area contributed by atoms with Crippen molar-refractivity contribution in [2.24, 2.45) is 0 Å². The average Bonchev–Trinajstić information content (AvgIpc) is 2.81. The first-order valence-corrected chi connectivity index (χ1v) is 11.5. The Bertz CT molecular complexity index is 995. The lowest BCUT2D eigenvalue weighted by Gasteiger charge is -2.28. The highest BCUT2D eigenvalue weighted by Gasteiger charge is 2.23. The van der Waals surface area contributed by atoms with E-state index in [1.807, 2.05) is 18.2 Å². The number of anilines is 1. The zero-order valence-electron chi connectivity index (χ0n) is 17.1. The van der Waals surface area contributed by atoms with Crippen molar-refractivity contribution in [2.45, 2.75) is 5.92 Å². The van der Waals surface area contributed by atoms with Crippen LogP contribution in [0.25, 0.3) is 0 Å². The number of nitrogens with one attached hydrogen (secondary N) is 2. The summed E-state index contributed by atoms with van der Waals surface area (Å²) in [5.41, 5.74) is 2.07. The van der Waals surface area contributed by atoms with Crippen LogP contribution in [0.2, 0.25) is 0 Å². The molecule has 1 saturated heterocycles. The van der Waals surface area contributed by atoms with Gasteiger partial charge in [-0.2, -0.15) is 5.26 Å². The fraction of sp³-hybridized carbons (Fsp3) is 0.318. The van der Waals surface area contributed by atoms with Gasteiger partial charge in [-0.15, -0.1) is 0 Å². The maximum atomic E-state index is 12.7. The van der Waals surface area contributed by atoms with Crippen LogP contribution in [0.1, 0.15) is 21.8 Å². The van der Waals surface area contributed by atoms with Crippen LogP contribution in [0.3, 0.4) is 0 Å². The third-order valence-electron chi connectivity index (χ3n) is 5.07. The Balaban J connectivity index is 1.71. The molecule has 1 aliphatic rings. The molecule has 0 aromatic heterocycles. The molecule has 1 atom stereocenters. The Hall–Kier alpha value is -2.61. The number of aromatic hydroxyl groups is 1. The summed E-state index contributed by atoms with van der Waals surface area (Å²) in [7, 11) is 0. The number of carbonyl (C=O) groups excluding carboxylic acids is 2. The molecule has 0 saturated carbocycles. The molecule has 168 valence electrons. The lowest BCUT2D eigenvalue weighted by atomic mass is 9.97. The number of hydrogen-bond donors (Lipinski definition) is 3. The first-order valence-electron chi connectivity index (χ1n) is 9.94. The largest absolute Gasteiger partial charge is 0.506 e. The number of ether oxygens (including phenoxy) is 1. The number of morpholine rings is 1. The fourth-order valence-electron chi connectivity index (χ4n) is 3.34. The van der Waals surface area contributed by atoms with Crippen LogP contribution in [0, 0.1) is 11.3 Å². The van der Waals surface area contributed by atoms with E-state index in [9.17, 15) is 14.7 Å². The van der Waals surface area contributed by atoms with Crippen LogP contribution >= 0.6 is 31.9 Å². The van der Waals surface area contributed by atoms with Crippen molar-refractivity contribution in [2.75, 3.05) is 44.3 Å². The van der Waals surface area contributed by atoms with E-state index < -0.39 is 11.8 Å². The number of carbonyl (C=O) groups is 2.